The fourth-order valence-corrected chi connectivity index (χ4v) is 0.814. The van der Waals surface area contributed by atoms with Crippen LogP contribution in [0.15, 0.2) is 24.7 Å². The second-order valence-electron chi connectivity index (χ2n) is 2.04. The van der Waals surface area contributed by atoms with Crippen molar-refractivity contribution in [3.63, 3.8) is 0 Å². The van der Waals surface area contributed by atoms with Crippen molar-refractivity contribution in [3.8, 4) is 0 Å². The Morgan fingerprint density at radius 2 is 2.30 bits per heavy atom. The molecule has 0 aromatic carbocycles. The van der Waals surface area contributed by atoms with E-state index in [1.807, 2.05) is 26.4 Å². The number of hydrogen-bond donors (Lipinski definition) is 1. The molecule has 0 aliphatic carbocycles. The second kappa shape index (κ2) is 4.91. The molecule has 0 spiro atoms. The fraction of sp³-hybridized carbons (Fsp3) is 0.500. The number of allylic oxidation sites excluding steroid dienone is 1. The zero-order valence-electron chi connectivity index (χ0n) is 7.02. The molecule has 0 radical (unpaired) electrons. The standard InChI is InChI=1S/C8H16N2/c1-5-10(6-2)8(3)7-9-4/h5,7,9H,1,6H2,2-4H3/b8-7+. The van der Waals surface area contributed by atoms with Crippen LogP contribution in [0.1, 0.15) is 13.8 Å². The Labute approximate surface area is 63.2 Å². The van der Waals surface area contributed by atoms with Gasteiger partial charge >= 0.3 is 0 Å². The predicted molar refractivity (Wildman–Crippen MR) is 45.4 cm³/mol. The molecule has 0 heterocycles. The number of nitrogens with one attached hydrogen (secondary N) is 1. The zero-order valence-corrected chi connectivity index (χ0v) is 7.02. The summed E-state index contributed by atoms with van der Waals surface area (Å²) >= 11 is 0. The van der Waals surface area contributed by atoms with Crippen LogP contribution in [0.5, 0.6) is 0 Å². The third kappa shape index (κ3) is 2.58. The normalized spacial score (nSPS) is 10.9. The van der Waals surface area contributed by atoms with Gasteiger partial charge in [-0.1, -0.05) is 6.58 Å². The Kier molecular flexibility index (Phi) is 4.46. The summed E-state index contributed by atoms with van der Waals surface area (Å²) in [6.45, 7) is 8.79. The lowest BCUT2D eigenvalue weighted by atomic mass is 10.4. The smallest absolute Gasteiger partial charge is 0.0300 e. The van der Waals surface area contributed by atoms with E-state index in [2.05, 4.69) is 23.7 Å². The summed E-state index contributed by atoms with van der Waals surface area (Å²) in [5, 5.41) is 2.97. The van der Waals surface area contributed by atoms with Gasteiger partial charge in [0.25, 0.3) is 0 Å². The van der Waals surface area contributed by atoms with Crippen LogP contribution in [0.25, 0.3) is 0 Å². The summed E-state index contributed by atoms with van der Waals surface area (Å²) in [6, 6.07) is 0. The first-order chi connectivity index (χ1) is 4.76. The van der Waals surface area contributed by atoms with E-state index in [1.54, 1.807) is 0 Å². The van der Waals surface area contributed by atoms with Gasteiger partial charge < -0.3 is 10.2 Å². The molecule has 0 rings (SSSR count). The molecule has 10 heavy (non-hydrogen) atoms. The van der Waals surface area contributed by atoms with E-state index in [-0.39, 0.29) is 0 Å². The number of hydrogen-bond acceptors (Lipinski definition) is 2. The summed E-state index contributed by atoms with van der Waals surface area (Å²) in [7, 11) is 1.89. The van der Waals surface area contributed by atoms with Gasteiger partial charge in [0, 0.05) is 25.5 Å². The topological polar surface area (TPSA) is 15.3 Å². The van der Waals surface area contributed by atoms with Crippen LogP contribution in [0.2, 0.25) is 0 Å². The molecule has 0 aliphatic heterocycles. The third-order valence-corrected chi connectivity index (χ3v) is 1.37. The van der Waals surface area contributed by atoms with Crippen molar-refractivity contribution in [3.05, 3.63) is 24.7 Å². The van der Waals surface area contributed by atoms with Crippen molar-refractivity contribution in [2.75, 3.05) is 13.6 Å². The molecule has 0 aliphatic rings. The summed E-state index contributed by atoms with van der Waals surface area (Å²) in [6.07, 6.45) is 3.77. The van der Waals surface area contributed by atoms with Crippen molar-refractivity contribution in [2.24, 2.45) is 0 Å². The quantitative estimate of drug-likeness (QED) is 0.637. The Bertz CT molecular complexity index is 127. The Morgan fingerprint density at radius 3 is 2.60 bits per heavy atom. The number of rotatable bonds is 4. The number of nitrogens with zero attached hydrogens (tertiary/aromatic N) is 1. The first-order valence-corrected chi connectivity index (χ1v) is 3.49. The fourth-order valence-electron chi connectivity index (χ4n) is 0.814. The molecule has 58 valence electrons. The van der Waals surface area contributed by atoms with Crippen molar-refractivity contribution < 1.29 is 0 Å². The Balaban J connectivity index is 4.00. The van der Waals surface area contributed by atoms with Gasteiger partial charge in [0.15, 0.2) is 0 Å². The van der Waals surface area contributed by atoms with E-state index < -0.39 is 0 Å². The molecule has 0 amide bonds. The molecule has 0 atom stereocenters. The zero-order chi connectivity index (χ0) is 7.98. The Hall–Kier alpha value is -0.920. The largest absolute Gasteiger partial charge is 0.393 e. The van der Waals surface area contributed by atoms with E-state index in [1.165, 1.54) is 5.70 Å². The van der Waals surface area contributed by atoms with E-state index in [0.717, 1.165) is 6.54 Å². The summed E-state index contributed by atoms with van der Waals surface area (Å²) in [5.41, 5.74) is 1.18. The monoisotopic (exact) mass is 140 g/mol. The van der Waals surface area contributed by atoms with Crippen molar-refractivity contribution in [1.82, 2.24) is 10.2 Å². The van der Waals surface area contributed by atoms with Crippen molar-refractivity contribution >= 4 is 0 Å². The van der Waals surface area contributed by atoms with Gasteiger partial charge in [-0.3, -0.25) is 0 Å². The minimum atomic E-state index is 0.966. The van der Waals surface area contributed by atoms with Crippen LogP contribution >= 0.6 is 0 Å². The minimum absolute atomic E-state index is 0.966. The van der Waals surface area contributed by atoms with Gasteiger partial charge in [-0.25, -0.2) is 0 Å². The van der Waals surface area contributed by atoms with Crippen LogP contribution in [0, 0.1) is 0 Å². The van der Waals surface area contributed by atoms with Crippen LogP contribution in [-0.4, -0.2) is 18.5 Å². The highest BCUT2D eigenvalue weighted by Crippen LogP contribution is 2.00. The maximum Gasteiger partial charge on any atom is 0.0300 e. The molecular weight excluding hydrogens is 124 g/mol. The predicted octanol–water partition coefficient (Wildman–Crippen LogP) is 1.53. The summed E-state index contributed by atoms with van der Waals surface area (Å²) in [4.78, 5) is 2.07. The molecule has 2 nitrogen and oxygen atoms in total. The molecule has 0 aromatic rings. The molecule has 0 saturated heterocycles. The molecule has 1 N–H and O–H groups in total. The van der Waals surface area contributed by atoms with Gasteiger partial charge in [-0.15, -0.1) is 0 Å². The molecule has 2 heteroatoms. The van der Waals surface area contributed by atoms with E-state index in [0.29, 0.717) is 0 Å². The van der Waals surface area contributed by atoms with Crippen LogP contribution < -0.4 is 5.32 Å². The minimum Gasteiger partial charge on any atom is -0.393 e. The molecular formula is C8H16N2. The lowest BCUT2D eigenvalue weighted by Gasteiger charge is -2.17. The van der Waals surface area contributed by atoms with Gasteiger partial charge in [0.05, 0.1) is 0 Å². The molecule has 0 bridgehead atoms. The summed E-state index contributed by atoms with van der Waals surface area (Å²) < 4.78 is 0. The maximum atomic E-state index is 3.69. The maximum absolute atomic E-state index is 3.69. The van der Waals surface area contributed by atoms with E-state index in [4.69, 9.17) is 0 Å². The average molecular weight is 140 g/mol. The average Bonchev–Trinajstić information content (AvgIpc) is 1.91. The molecule has 0 aromatic heterocycles. The summed E-state index contributed by atoms with van der Waals surface area (Å²) in [5.74, 6) is 0. The van der Waals surface area contributed by atoms with Crippen LogP contribution in [0.3, 0.4) is 0 Å². The van der Waals surface area contributed by atoms with Crippen LogP contribution in [0.4, 0.5) is 0 Å². The highest BCUT2D eigenvalue weighted by Gasteiger charge is 1.94. The lowest BCUT2D eigenvalue weighted by molar-refractivity contribution is 0.490. The van der Waals surface area contributed by atoms with Gasteiger partial charge in [-0.05, 0) is 20.0 Å². The van der Waals surface area contributed by atoms with Gasteiger partial charge in [0.2, 0.25) is 0 Å². The first-order valence-electron chi connectivity index (χ1n) is 3.49. The third-order valence-electron chi connectivity index (χ3n) is 1.37. The second-order valence-corrected chi connectivity index (χ2v) is 2.04. The van der Waals surface area contributed by atoms with Crippen molar-refractivity contribution in [2.45, 2.75) is 13.8 Å². The molecule has 0 saturated carbocycles. The van der Waals surface area contributed by atoms with Gasteiger partial charge in [-0.2, -0.15) is 0 Å². The first kappa shape index (κ1) is 9.08. The highest BCUT2D eigenvalue weighted by molar-refractivity contribution is 4.99. The highest BCUT2D eigenvalue weighted by atomic mass is 15.1. The lowest BCUT2D eigenvalue weighted by Crippen LogP contribution is -2.15. The van der Waals surface area contributed by atoms with E-state index >= 15 is 0 Å². The van der Waals surface area contributed by atoms with E-state index in [9.17, 15) is 0 Å². The van der Waals surface area contributed by atoms with Crippen molar-refractivity contribution in [1.29, 1.82) is 0 Å². The molecule has 0 unspecified atom stereocenters. The molecule has 0 fully saturated rings. The van der Waals surface area contributed by atoms with Crippen LogP contribution in [-0.2, 0) is 0 Å². The van der Waals surface area contributed by atoms with Gasteiger partial charge in [0.1, 0.15) is 0 Å². The Morgan fingerprint density at radius 1 is 1.70 bits per heavy atom. The SMILES string of the molecule is C=CN(CC)/C(C)=C/NC.